The molecule has 5 rings (SSSR count). The number of carbonyl (C=O) groups excluding carboxylic acids is 1. The van der Waals surface area contributed by atoms with Crippen LogP contribution in [0.5, 0.6) is 0 Å². The molecule has 2 aliphatic heterocycles. The van der Waals surface area contributed by atoms with Gasteiger partial charge in [-0.05, 0) is 68.9 Å². The first-order valence-corrected chi connectivity index (χ1v) is 11.0. The second kappa shape index (κ2) is 8.46. The number of nitrogens with zero attached hydrogens (tertiary/aromatic N) is 4. The van der Waals surface area contributed by atoms with Crippen LogP contribution in [-0.4, -0.2) is 56.4 Å². The maximum absolute atomic E-state index is 13.2. The van der Waals surface area contributed by atoms with Gasteiger partial charge in [0.25, 0.3) is 5.91 Å². The molecule has 168 valence electrons. The topological polar surface area (TPSA) is 97.1 Å². The standard InChI is InChI=1S/C23H26FN5O3/c1-15-25-21(32-28-15)12-16-6-11-31-23(14-16)7-9-29(10-8-23)22(30)20-13-19(26-27-20)17-2-4-18(24)5-3-17/h2-5,13,16H,6-12,14H2,1H3,(H,26,27)/t16-/m1/s1. The van der Waals surface area contributed by atoms with Gasteiger partial charge in [0.05, 0.1) is 11.3 Å². The van der Waals surface area contributed by atoms with Crippen LogP contribution in [0.1, 0.15) is 47.9 Å². The summed E-state index contributed by atoms with van der Waals surface area (Å²) in [5, 5.41) is 10.9. The highest BCUT2D eigenvalue weighted by atomic mass is 19.1. The summed E-state index contributed by atoms with van der Waals surface area (Å²) in [6.45, 7) is 3.81. The van der Waals surface area contributed by atoms with Crippen LogP contribution in [0, 0.1) is 18.7 Å². The van der Waals surface area contributed by atoms with Gasteiger partial charge in [0.2, 0.25) is 5.89 Å². The van der Waals surface area contributed by atoms with Crippen LogP contribution in [0.15, 0.2) is 34.9 Å². The van der Waals surface area contributed by atoms with E-state index in [1.807, 2.05) is 11.8 Å². The lowest BCUT2D eigenvalue weighted by Gasteiger charge is -2.46. The Hall–Kier alpha value is -3.07. The number of ether oxygens (including phenoxy) is 1. The molecule has 32 heavy (non-hydrogen) atoms. The summed E-state index contributed by atoms with van der Waals surface area (Å²) >= 11 is 0. The molecule has 2 saturated heterocycles. The number of hydrogen-bond acceptors (Lipinski definition) is 6. The zero-order valence-corrected chi connectivity index (χ0v) is 18.0. The molecule has 9 heteroatoms. The molecule has 2 fully saturated rings. The second-order valence-electron chi connectivity index (χ2n) is 8.80. The molecule has 0 unspecified atom stereocenters. The Bertz CT molecular complexity index is 1090. The van der Waals surface area contributed by atoms with E-state index in [2.05, 4.69) is 20.3 Å². The van der Waals surface area contributed by atoms with Crippen molar-refractivity contribution in [2.75, 3.05) is 19.7 Å². The molecule has 0 aliphatic carbocycles. The Morgan fingerprint density at radius 3 is 2.78 bits per heavy atom. The van der Waals surface area contributed by atoms with Crippen molar-refractivity contribution < 1.29 is 18.4 Å². The first kappa shape index (κ1) is 20.8. The van der Waals surface area contributed by atoms with Crippen LogP contribution in [0.2, 0.25) is 0 Å². The molecule has 0 radical (unpaired) electrons. The third-order valence-electron chi connectivity index (χ3n) is 6.54. The van der Waals surface area contributed by atoms with Gasteiger partial charge < -0.3 is 14.2 Å². The minimum atomic E-state index is -0.304. The number of carbonyl (C=O) groups is 1. The number of piperidine rings is 1. The molecule has 2 aliphatic rings. The van der Waals surface area contributed by atoms with Gasteiger partial charge in [0.15, 0.2) is 5.82 Å². The molecule has 1 N–H and O–H groups in total. The number of H-pyrrole nitrogens is 1. The molecule has 1 amide bonds. The molecule has 3 aromatic rings. The van der Waals surface area contributed by atoms with Crippen LogP contribution in [0.4, 0.5) is 4.39 Å². The summed E-state index contributed by atoms with van der Waals surface area (Å²) in [5.41, 5.74) is 1.63. The average Bonchev–Trinajstić information content (AvgIpc) is 3.44. The predicted octanol–water partition coefficient (Wildman–Crippen LogP) is 3.55. The van der Waals surface area contributed by atoms with Crippen LogP contribution in [-0.2, 0) is 11.2 Å². The molecular weight excluding hydrogens is 413 g/mol. The number of aryl methyl sites for hydroxylation is 1. The van der Waals surface area contributed by atoms with Gasteiger partial charge in [-0.1, -0.05) is 5.16 Å². The number of benzene rings is 1. The minimum absolute atomic E-state index is 0.0746. The highest BCUT2D eigenvalue weighted by molar-refractivity contribution is 5.93. The normalized spacial score (nSPS) is 20.6. The Balaban J connectivity index is 1.20. The van der Waals surface area contributed by atoms with E-state index in [1.165, 1.54) is 12.1 Å². The van der Waals surface area contributed by atoms with E-state index in [-0.39, 0.29) is 17.3 Å². The van der Waals surface area contributed by atoms with Crippen LogP contribution in [0.3, 0.4) is 0 Å². The fourth-order valence-corrected chi connectivity index (χ4v) is 4.81. The summed E-state index contributed by atoms with van der Waals surface area (Å²) in [7, 11) is 0. The zero-order valence-electron chi connectivity index (χ0n) is 18.0. The zero-order chi connectivity index (χ0) is 22.1. The number of nitrogens with one attached hydrogen (secondary N) is 1. The third kappa shape index (κ3) is 4.29. The van der Waals surface area contributed by atoms with Gasteiger partial charge in [0.1, 0.15) is 11.5 Å². The quantitative estimate of drug-likeness (QED) is 0.668. The van der Waals surface area contributed by atoms with Crippen molar-refractivity contribution in [3.05, 3.63) is 53.6 Å². The van der Waals surface area contributed by atoms with Gasteiger partial charge in [-0.3, -0.25) is 9.89 Å². The summed E-state index contributed by atoms with van der Waals surface area (Å²) < 4.78 is 24.7. The molecule has 1 aromatic carbocycles. The number of halogens is 1. The molecular formula is C23H26FN5O3. The van der Waals surface area contributed by atoms with Crippen molar-refractivity contribution in [2.24, 2.45) is 5.92 Å². The van der Waals surface area contributed by atoms with E-state index in [9.17, 15) is 9.18 Å². The molecule has 0 saturated carbocycles. The Morgan fingerprint density at radius 2 is 2.06 bits per heavy atom. The maximum Gasteiger partial charge on any atom is 0.271 e. The van der Waals surface area contributed by atoms with Crippen molar-refractivity contribution in [3.63, 3.8) is 0 Å². The monoisotopic (exact) mass is 439 g/mol. The summed E-state index contributed by atoms with van der Waals surface area (Å²) in [6.07, 6.45) is 4.30. The van der Waals surface area contributed by atoms with Gasteiger partial charge in [0, 0.05) is 31.7 Å². The summed E-state index contributed by atoms with van der Waals surface area (Å²) in [5.74, 6) is 1.41. The molecule has 8 nitrogen and oxygen atoms in total. The van der Waals surface area contributed by atoms with Crippen molar-refractivity contribution in [1.82, 2.24) is 25.2 Å². The fourth-order valence-electron chi connectivity index (χ4n) is 4.81. The number of aromatic nitrogens is 4. The van der Waals surface area contributed by atoms with E-state index in [0.717, 1.165) is 37.7 Å². The van der Waals surface area contributed by atoms with Crippen molar-refractivity contribution in [3.8, 4) is 11.3 Å². The predicted molar refractivity (Wildman–Crippen MR) is 113 cm³/mol. The van der Waals surface area contributed by atoms with Gasteiger partial charge in [-0.15, -0.1) is 0 Å². The van der Waals surface area contributed by atoms with Gasteiger partial charge in [-0.25, -0.2) is 4.39 Å². The molecule has 1 atom stereocenters. The highest BCUT2D eigenvalue weighted by Crippen LogP contribution is 2.39. The molecule has 4 heterocycles. The van der Waals surface area contributed by atoms with Gasteiger partial charge in [-0.2, -0.15) is 10.1 Å². The minimum Gasteiger partial charge on any atom is -0.375 e. The van der Waals surface area contributed by atoms with E-state index < -0.39 is 0 Å². The molecule has 1 spiro atoms. The van der Waals surface area contributed by atoms with Crippen LogP contribution >= 0.6 is 0 Å². The Labute approximate surface area is 185 Å². The largest absolute Gasteiger partial charge is 0.375 e. The van der Waals surface area contributed by atoms with E-state index >= 15 is 0 Å². The third-order valence-corrected chi connectivity index (χ3v) is 6.54. The van der Waals surface area contributed by atoms with Crippen LogP contribution in [0.25, 0.3) is 11.3 Å². The SMILES string of the molecule is Cc1noc(C[C@H]2CCOC3(CCN(C(=O)c4cc(-c5ccc(F)cc5)n[nH]4)CC3)C2)n1. The fraction of sp³-hybridized carbons (Fsp3) is 0.478. The number of amides is 1. The second-order valence-corrected chi connectivity index (χ2v) is 8.80. The lowest BCUT2D eigenvalue weighted by molar-refractivity contribution is -0.124. The van der Waals surface area contributed by atoms with E-state index in [4.69, 9.17) is 9.26 Å². The summed E-state index contributed by atoms with van der Waals surface area (Å²) in [4.78, 5) is 19.2. The lowest BCUT2D eigenvalue weighted by Crippen LogP contribution is -2.51. The summed E-state index contributed by atoms with van der Waals surface area (Å²) in [6, 6.07) is 7.78. The van der Waals surface area contributed by atoms with Crippen molar-refractivity contribution in [1.29, 1.82) is 0 Å². The molecule has 0 bridgehead atoms. The van der Waals surface area contributed by atoms with Crippen LogP contribution < -0.4 is 0 Å². The lowest BCUT2D eigenvalue weighted by atomic mass is 9.78. The van der Waals surface area contributed by atoms with Gasteiger partial charge >= 0.3 is 0 Å². The van der Waals surface area contributed by atoms with Crippen molar-refractivity contribution >= 4 is 5.91 Å². The maximum atomic E-state index is 13.2. The molecule has 2 aromatic heterocycles. The smallest absolute Gasteiger partial charge is 0.271 e. The number of aromatic amines is 1. The Kier molecular flexibility index (Phi) is 5.50. The Morgan fingerprint density at radius 1 is 1.28 bits per heavy atom. The number of rotatable bonds is 4. The highest BCUT2D eigenvalue weighted by Gasteiger charge is 2.41. The average molecular weight is 439 g/mol. The first-order chi connectivity index (χ1) is 15.5. The number of hydrogen-bond donors (Lipinski definition) is 1. The van der Waals surface area contributed by atoms with Crippen molar-refractivity contribution in [2.45, 2.75) is 44.6 Å². The number of likely N-dealkylation sites (tertiary alicyclic amines) is 1. The first-order valence-electron chi connectivity index (χ1n) is 11.0. The van der Waals surface area contributed by atoms with E-state index in [1.54, 1.807) is 18.2 Å². The van der Waals surface area contributed by atoms with E-state index in [0.29, 0.717) is 48.7 Å².